The number of hydrogen-bond acceptors (Lipinski definition) is 6. The number of carbonyl (C=O) groups excluding carboxylic acids is 1. The fraction of sp³-hybridized carbons (Fsp3) is 0.211. The number of thiazole rings is 1. The molecule has 0 spiro atoms. The highest BCUT2D eigenvalue weighted by molar-refractivity contribution is 7.14. The maximum atomic E-state index is 11.6. The molecule has 3 aromatic rings. The Morgan fingerprint density at radius 3 is 2.46 bits per heavy atom. The van der Waals surface area contributed by atoms with E-state index < -0.39 is 5.91 Å². The van der Waals surface area contributed by atoms with E-state index in [-0.39, 0.29) is 0 Å². The number of amides is 1. The first-order chi connectivity index (χ1) is 12.7. The minimum atomic E-state index is -0.442. The monoisotopic (exact) mass is 365 g/mol. The highest BCUT2D eigenvalue weighted by atomic mass is 32.1. The van der Waals surface area contributed by atoms with Crippen LogP contribution in [0.3, 0.4) is 0 Å². The number of benzene rings is 1. The van der Waals surface area contributed by atoms with Gasteiger partial charge in [0, 0.05) is 43.3 Å². The van der Waals surface area contributed by atoms with Crippen LogP contribution in [0, 0.1) is 0 Å². The zero-order chi connectivity index (χ0) is 17.9. The SMILES string of the molecule is NC(=O)c1cccnc1N1CCN(c2nc(-c3ccccc3)cs2)CC1. The molecular weight excluding hydrogens is 346 g/mol. The minimum Gasteiger partial charge on any atom is -0.365 e. The lowest BCUT2D eigenvalue weighted by Crippen LogP contribution is -2.47. The van der Waals surface area contributed by atoms with Crippen molar-refractivity contribution >= 4 is 28.2 Å². The fourth-order valence-electron chi connectivity index (χ4n) is 3.10. The van der Waals surface area contributed by atoms with E-state index in [1.165, 1.54) is 0 Å². The lowest BCUT2D eigenvalue weighted by atomic mass is 10.2. The average Bonchev–Trinajstić information content (AvgIpc) is 3.19. The molecule has 1 saturated heterocycles. The topological polar surface area (TPSA) is 75.4 Å². The number of nitrogens with two attached hydrogens (primary N) is 1. The zero-order valence-electron chi connectivity index (χ0n) is 14.2. The van der Waals surface area contributed by atoms with Crippen LogP contribution in [0.2, 0.25) is 0 Å². The van der Waals surface area contributed by atoms with Gasteiger partial charge in [-0.3, -0.25) is 4.79 Å². The fourth-order valence-corrected chi connectivity index (χ4v) is 3.99. The van der Waals surface area contributed by atoms with Crippen LogP contribution in [-0.4, -0.2) is 42.1 Å². The van der Waals surface area contributed by atoms with Crippen LogP contribution in [0.4, 0.5) is 10.9 Å². The minimum absolute atomic E-state index is 0.442. The molecule has 0 aliphatic carbocycles. The van der Waals surface area contributed by atoms with Gasteiger partial charge in [-0.05, 0) is 12.1 Å². The molecule has 4 rings (SSSR count). The van der Waals surface area contributed by atoms with Gasteiger partial charge in [-0.25, -0.2) is 9.97 Å². The van der Waals surface area contributed by atoms with Gasteiger partial charge in [0.2, 0.25) is 0 Å². The Morgan fingerprint density at radius 1 is 1.00 bits per heavy atom. The summed E-state index contributed by atoms with van der Waals surface area (Å²) in [6.07, 6.45) is 1.70. The largest absolute Gasteiger partial charge is 0.365 e. The number of hydrogen-bond donors (Lipinski definition) is 1. The van der Waals surface area contributed by atoms with Crippen molar-refractivity contribution in [3.05, 3.63) is 59.6 Å². The van der Waals surface area contributed by atoms with Gasteiger partial charge in [0.1, 0.15) is 5.82 Å². The molecule has 6 nitrogen and oxygen atoms in total. The van der Waals surface area contributed by atoms with Gasteiger partial charge in [0.05, 0.1) is 11.3 Å². The first kappa shape index (κ1) is 16.5. The number of piperazine rings is 1. The molecular formula is C19H19N5OS. The first-order valence-corrected chi connectivity index (χ1v) is 9.36. The summed E-state index contributed by atoms with van der Waals surface area (Å²) in [7, 11) is 0. The molecule has 1 aliphatic heterocycles. The summed E-state index contributed by atoms with van der Waals surface area (Å²) in [6, 6.07) is 13.7. The van der Waals surface area contributed by atoms with Crippen molar-refractivity contribution in [3.8, 4) is 11.3 Å². The number of anilines is 2. The standard InChI is InChI=1S/C19H19N5OS/c20-17(25)15-7-4-8-21-18(15)23-9-11-24(12-10-23)19-22-16(13-26-19)14-5-2-1-3-6-14/h1-8,13H,9-12H2,(H2,20,25). The molecule has 0 saturated carbocycles. The second-order valence-corrected chi connectivity index (χ2v) is 6.93. The van der Waals surface area contributed by atoms with E-state index in [2.05, 4.69) is 32.3 Å². The Hall–Kier alpha value is -2.93. The van der Waals surface area contributed by atoms with Crippen LogP contribution in [0.15, 0.2) is 54.0 Å². The summed E-state index contributed by atoms with van der Waals surface area (Å²) < 4.78 is 0. The number of primary amides is 1. The van der Waals surface area contributed by atoms with Crippen LogP contribution >= 0.6 is 11.3 Å². The van der Waals surface area contributed by atoms with Crippen molar-refractivity contribution in [1.29, 1.82) is 0 Å². The predicted molar refractivity (Wildman–Crippen MR) is 105 cm³/mol. The van der Waals surface area contributed by atoms with Gasteiger partial charge < -0.3 is 15.5 Å². The summed E-state index contributed by atoms with van der Waals surface area (Å²) in [6.45, 7) is 3.21. The number of nitrogens with zero attached hydrogens (tertiary/aromatic N) is 4. The third kappa shape index (κ3) is 3.25. The highest BCUT2D eigenvalue weighted by Gasteiger charge is 2.23. The van der Waals surface area contributed by atoms with Crippen LogP contribution in [0.5, 0.6) is 0 Å². The van der Waals surface area contributed by atoms with Crippen molar-refractivity contribution in [2.24, 2.45) is 5.73 Å². The number of pyridine rings is 1. The van der Waals surface area contributed by atoms with E-state index in [1.807, 2.05) is 18.2 Å². The third-order valence-electron chi connectivity index (χ3n) is 4.46. The molecule has 3 heterocycles. The molecule has 2 aromatic heterocycles. The third-order valence-corrected chi connectivity index (χ3v) is 5.36. The van der Waals surface area contributed by atoms with Gasteiger partial charge >= 0.3 is 0 Å². The Morgan fingerprint density at radius 2 is 1.73 bits per heavy atom. The van der Waals surface area contributed by atoms with Crippen molar-refractivity contribution in [3.63, 3.8) is 0 Å². The van der Waals surface area contributed by atoms with E-state index in [0.717, 1.165) is 42.6 Å². The van der Waals surface area contributed by atoms with Crippen molar-refractivity contribution in [2.45, 2.75) is 0 Å². The van der Waals surface area contributed by atoms with E-state index in [9.17, 15) is 4.79 Å². The molecule has 7 heteroatoms. The van der Waals surface area contributed by atoms with E-state index in [1.54, 1.807) is 29.7 Å². The molecule has 0 bridgehead atoms. The molecule has 2 N–H and O–H groups in total. The zero-order valence-corrected chi connectivity index (χ0v) is 15.0. The molecule has 1 amide bonds. The second kappa shape index (κ2) is 7.13. The molecule has 0 atom stereocenters. The second-order valence-electron chi connectivity index (χ2n) is 6.09. The normalized spacial score (nSPS) is 14.5. The summed E-state index contributed by atoms with van der Waals surface area (Å²) in [4.78, 5) is 25.2. The van der Waals surface area contributed by atoms with Crippen LogP contribution in [0.25, 0.3) is 11.3 Å². The average molecular weight is 365 g/mol. The summed E-state index contributed by atoms with van der Waals surface area (Å²) >= 11 is 1.66. The van der Waals surface area contributed by atoms with Crippen LogP contribution in [-0.2, 0) is 0 Å². The van der Waals surface area contributed by atoms with Crippen molar-refractivity contribution in [2.75, 3.05) is 36.0 Å². The van der Waals surface area contributed by atoms with Crippen LogP contribution in [0.1, 0.15) is 10.4 Å². The number of carbonyl (C=O) groups is 1. The Balaban J connectivity index is 1.46. The van der Waals surface area contributed by atoms with Crippen molar-refractivity contribution < 1.29 is 4.79 Å². The van der Waals surface area contributed by atoms with E-state index in [4.69, 9.17) is 10.7 Å². The Kier molecular flexibility index (Phi) is 4.53. The number of rotatable bonds is 4. The summed E-state index contributed by atoms with van der Waals surface area (Å²) in [5.74, 6) is 0.228. The highest BCUT2D eigenvalue weighted by Crippen LogP contribution is 2.28. The lowest BCUT2D eigenvalue weighted by molar-refractivity contribution is 0.100. The van der Waals surface area contributed by atoms with Gasteiger partial charge in [0.15, 0.2) is 5.13 Å². The summed E-state index contributed by atoms with van der Waals surface area (Å²) in [5, 5.41) is 3.13. The molecule has 1 aromatic carbocycles. The summed E-state index contributed by atoms with van der Waals surface area (Å²) in [5.41, 5.74) is 8.09. The van der Waals surface area contributed by atoms with Gasteiger partial charge in [-0.1, -0.05) is 30.3 Å². The smallest absolute Gasteiger partial charge is 0.252 e. The maximum Gasteiger partial charge on any atom is 0.252 e. The molecule has 1 aliphatic rings. The van der Waals surface area contributed by atoms with E-state index >= 15 is 0 Å². The molecule has 1 fully saturated rings. The number of aromatic nitrogens is 2. The molecule has 26 heavy (non-hydrogen) atoms. The Bertz CT molecular complexity index is 903. The van der Waals surface area contributed by atoms with Gasteiger partial charge in [0.25, 0.3) is 5.91 Å². The molecule has 0 unspecified atom stereocenters. The van der Waals surface area contributed by atoms with Gasteiger partial charge in [-0.15, -0.1) is 11.3 Å². The lowest BCUT2D eigenvalue weighted by Gasteiger charge is -2.35. The van der Waals surface area contributed by atoms with Crippen LogP contribution < -0.4 is 15.5 Å². The molecule has 0 radical (unpaired) electrons. The van der Waals surface area contributed by atoms with Gasteiger partial charge in [-0.2, -0.15) is 0 Å². The quantitative estimate of drug-likeness (QED) is 0.769. The maximum absolute atomic E-state index is 11.6. The Labute approximate surface area is 155 Å². The van der Waals surface area contributed by atoms with E-state index in [0.29, 0.717) is 11.4 Å². The first-order valence-electron chi connectivity index (χ1n) is 8.48. The molecule has 132 valence electrons. The predicted octanol–water partition coefficient (Wildman–Crippen LogP) is 2.63. The van der Waals surface area contributed by atoms with Crippen molar-refractivity contribution in [1.82, 2.24) is 9.97 Å².